The Kier molecular flexibility index (Phi) is 3.41. The Morgan fingerprint density at radius 2 is 2.31 bits per heavy atom. The molecule has 16 heavy (non-hydrogen) atoms. The molecule has 0 atom stereocenters. The zero-order valence-corrected chi connectivity index (χ0v) is 9.73. The summed E-state index contributed by atoms with van der Waals surface area (Å²) in [6, 6.07) is 4.10. The van der Waals surface area contributed by atoms with E-state index < -0.39 is 0 Å². The van der Waals surface area contributed by atoms with Crippen LogP contribution < -0.4 is 5.32 Å². The van der Waals surface area contributed by atoms with Gasteiger partial charge in [0.05, 0.1) is 12.2 Å². The molecule has 4 nitrogen and oxygen atoms in total. The van der Waals surface area contributed by atoms with Crippen LogP contribution in [0.3, 0.4) is 0 Å². The van der Waals surface area contributed by atoms with Gasteiger partial charge in [0.2, 0.25) is 0 Å². The van der Waals surface area contributed by atoms with Gasteiger partial charge in [-0.2, -0.15) is 0 Å². The van der Waals surface area contributed by atoms with Crippen molar-refractivity contribution in [1.29, 1.82) is 0 Å². The predicted octanol–water partition coefficient (Wildman–Crippen LogP) is 1.87. The fourth-order valence-electron chi connectivity index (χ4n) is 1.60. The Balaban J connectivity index is 1.79. The van der Waals surface area contributed by atoms with Gasteiger partial charge in [0.1, 0.15) is 0 Å². The molecule has 0 aliphatic rings. The highest BCUT2D eigenvalue weighted by Crippen LogP contribution is 2.04. The highest BCUT2D eigenvalue weighted by molar-refractivity contribution is 5.10. The first-order chi connectivity index (χ1) is 7.78. The second kappa shape index (κ2) is 4.99. The number of hydrogen-bond donors (Lipinski definition) is 1. The van der Waals surface area contributed by atoms with Gasteiger partial charge < -0.3 is 14.4 Å². The molecule has 2 aromatic rings. The molecule has 0 amide bonds. The van der Waals surface area contributed by atoms with Crippen molar-refractivity contribution in [2.45, 2.75) is 26.4 Å². The van der Waals surface area contributed by atoms with Gasteiger partial charge in [0.15, 0.2) is 5.76 Å². The van der Waals surface area contributed by atoms with E-state index >= 15 is 0 Å². The largest absolute Gasteiger partial charge is 0.360 e. The lowest BCUT2D eigenvalue weighted by molar-refractivity contribution is 0.368. The highest BCUT2D eigenvalue weighted by atomic mass is 16.5. The number of nitrogens with zero attached hydrogens (tertiary/aromatic N) is 2. The van der Waals surface area contributed by atoms with Crippen molar-refractivity contribution < 1.29 is 4.52 Å². The Morgan fingerprint density at radius 3 is 2.94 bits per heavy atom. The molecule has 0 saturated carbocycles. The van der Waals surface area contributed by atoms with Gasteiger partial charge in [0.25, 0.3) is 0 Å². The minimum atomic E-state index is 0.724. The maximum Gasteiger partial charge on any atom is 0.150 e. The van der Waals surface area contributed by atoms with Gasteiger partial charge in [-0.3, -0.25) is 0 Å². The molecule has 2 aromatic heterocycles. The van der Waals surface area contributed by atoms with Crippen LogP contribution in [0.5, 0.6) is 0 Å². The summed E-state index contributed by atoms with van der Waals surface area (Å²) >= 11 is 0. The number of hydrogen-bond acceptors (Lipinski definition) is 3. The van der Waals surface area contributed by atoms with E-state index in [1.54, 1.807) is 0 Å². The van der Waals surface area contributed by atoms with E-state index in [0.29, 0.717) is 0 Å². The minimum Gasteiger partial charge on any atom is -0.360 e. The summed E-state index contributed by atoms with van der Waals surface area (Å²) < 4.78 is 7.22. The normalized spacial score (nSPS) is 10.9. The van der Waals surface area contributed by atoms with Crippen LogP contribution in [0.15, 0.2) is 29.0 Å². The van der Waals surface area contributed by atoms with Gasteiger partial charge in [-0.05, 0) is 18.1 Å². The molecule has 0 bridgehead atoms. The van der Waals surface area contributed by atoms with E-state index in [0.717, 1.165) is 31.0 Å². The topological polar surface area (TPSA) is 43.0 Å². The van der Waals surface area contributed by atoms with Crippen molar-refractivity contribution in [3.05, 3.63) is 41.5 Å². The summed E-state index contributed by atoms with van der Waals surface area (Å²) in [5, 5.41) is 7.27. The Bertz CT molecular complexity index is 445. The van der Waals surface area contributed by atoms with E-state index in [1.165, 1.54) is 5.56 Å². The van der Waals surface area contributed by atoms with E-state index in [-0.39, 0.29) is 0 Å². The maximum absolute atomic E-state index is 5.18. The van der Waals surface area contributed by atoms with Crippen molar-refractivity contribution in [2.75, 3.05) is 0 Å². The number of aryl methyl sites for hydroxylation is 2. The average Bonchev–Trinajstić information content (AvgIpc) is 2.88. The molecule has 0 aliphatic carbocycles. The molecule has 0 saturated heterocycles. The molecule has 0 radical (unpaired) electrons. The Labute approximate surface area is 95.2 Å². The highest BCUT2D eigenvalue weighted by Gasteiger charge is 2.02. The molecule has 0 aromatic carbocycles. The van der Waals surface area contributed by atoms with E-state index in [2.05, 4.69) is 29.7 Å². The second-order valence-electron chi connectivity index (χ2n) is 3.93. The molecular weight excluding hydrogens is 202 g/mol. The third-order valence-corrected chi connectivity index (χ3v) is 2.49. The first-order valence-corrected chi connectivity index (χ1v) is 5.54. The molecule has 4 heteroatoms. The lowest BCUT2D eigenvalue weighted by Crippen LogP contribution is -2.11. The fraction of sp³-hybridized carbons (Fsp3) is 0.417. The van der Waals surface area contributed by atoms with Gasteiger partial charge in [-0.15, -0.1) is 0 Å². The molecule has 0 spiro atoms. The predicted molar refractivity (Wildman–Crippen MR) is 61.8 cm³/mol. The molecule has 0 fully saturated rings. The quantitative estimate of drug-likeness (QED) is 0.834. The van der Waals surface area contributed by atoms with Crippen LogP contribution >= 0.6 is 0 Å². The number of aromatic nitrogens is 2. The van der Waals surface area contributed by atoms with Crippen molar-refractivity contribution in [3.8, 4) is 0 Å². The zero-order valence-electron chi connectivity index (χ0n) is 9.73. The van der Waals surface area contributed by atoms with Gasteiger partial charge in [-0.1, -0.05) is 12.1 Å². The SMILES string of the molecule is CCc1cc(CNCc2ccn(C)c2)on1. The third kappa shape index (κ3) is 2.73. The number of nitrogens with one attached hydrogen (secondary N) is 1. The smallest absolute Gasteiger partial charge is 0.150 e. The molecular formula is C12H17N3O. The van der Waals surface area contributed by atoms with Crippen molar-refractivity contribution >= 4 is 0 Å². The zero-order chi connectivity index (χ0) is 11.4. The van der Waals surface area contributed by atoms with Crippen LogP contribution in [0.1, 0.15) is 23.9 Å². The lowest BCUT2D eigenvalue weighted by atomic mass is 10.3. The van der Waals surface area contributed by atoms with Crippen molar-refractivity contribution in [1.82, 2.24) is 15.0 Å². The summed E-state index contributed by atoms with van der Waals surface area (Å²) in [5.74, 6) is 0.896. The first kappa shape index (κ1) is 11.0. The minimum absolute atomic E-state index is 0.724. The molecule has 1 N–H and O–H groups in total. The maximum atomic E-state index is 5.18. The summed E-state index contributed by atoms with van der Waals surface area (Å²) in [6.45, 7) is 3.64. The second-order valence-corrected chi connectivity index (χ2v) is 3.93. The van der Waals surface area contributed by atoms with Crippen molar-refractivity contribution in [3.63, 3.8) is 0 Å². The van der Waals surface area contributed by atoms with Gasteiger partial charge in [0, 0.05) is 32.1 Å². The first-order valence-electron chi connectivity index (χ1n) is 5.54. The van der Waals surface area contributed by atoms with E-state index in [9.17, 15) is 0 Å². The molecule has 86 valence electrons. The van der Waals surface area contributed by atoms with Crippen LogP contribution in [0.4, 0.5) is 0 Å². The van der Waals surface area contributed by atoms with Gasteiger partial charge >= 0.3 is 0 Å². The molecule has 2 rings (SSSR count). The van der Waals surface area contributed by atoms with Crippen LogP contribution in [0, 0.1) is 0 Å². The van der Waals surface area contributed by atoms with Crippen LogP contribution in [-0.2, 0) is 26.6 Å². The number of rotatable bonds is 5. The Hall–Kier alpha value is -1.55. The third-order valence-electron chi connectivity index (χ3n) is 2.49. The standard InChI is InChI=1S/C12H17N3O/c1-3-11-6-12(16-14-11)8-13-7-10-4-5-15(2)9-10/h4-6,9,13H,3,7-8H2,1-2H3. The summed E-state index contributed by atoms with van der Waals surface area (Å²) in [6.07, 6.45) is 5.06. The summed E-state index contributed by atoms with van der Waals surface area (Å²) in [5.41, 5.74) is 2.29. The van der Waals surface area contributed by atoms with Gasteiger partial charge in [-0.25, -0.2) is 0 Å². The molecule has 0 unspecified atom stereocenters. The van der Waals surface area contributed by atoms with Crippen molar-refractivity contribution in [2.24, 2.45) is 7.05 Å². The average molecular weight is 219 g/mol. The summed E-state index contributed by atoms with van der Waals surface area (Å²) in [4.78, 5) is 0. The molecule has 2 heterocycles. The van der Waals surface area contributed by atoms with Crippen LogP contribution in [0.25, 0.3) is 0 Å². The summed E-state index contributed by atoms with van der Waals surface area (Å²) in [7, 11) is 2.02. The lowest BCUT2D eigenvalue weighted by Gasteiger charge is -1.98. The van der Waals surface area contributed by atoms with Crippen LogP contribution in [-0.4, -0.2) is 9.72 Å². The molecule has 0 aliphatic heterocycles. The van der Waals surface area contributed by atoms with Crippen LogP contribution in [0.2, 0.25) is 0 Å². The fourth-order valence-corrected chi connectivity index (χ4v) is 1.60. The Morgan fingerprint density at radius 1 is 1.44 bits per heavy atom. The van der Waals surface area contributed by atoms with E-state index in [1.807, 2.05) is 23.9 Å². The monoisotopic (exact) mass is 219 g/mol. The van der Waals surface area contributed by atoms with E-state index in [4.69, 9.17) is 4.52 Å².